The smallest absolute Gasteiger partial charge is 0.264 e. The number of carbonyl (C=O) groups is 2. The first-order chi connectivity index (χ1) is 22.6. The summed E-state index contributed by atoms with van der Waals surface area (Å²) in [6, 6.07) is 29.1. The first kappa shape index (κ1) is 34.2. The summed E-state index contributed by atoms with van der Waals surface area (Å²) in [6.45, 7) is 3.19. The summed E-state index contributed by atoms with van der Waals surface area (Å²) in [7, 11) is -4.18. The van der Waals surface area contributed by atoms with E-state index in [1.807, 2.05) is 61.5 Å². The molecule has 1 fully saturated rings. The maximum absolute atomic E-state index is 14.3. The molecule has 5 rings (SSSR count). The zero-order valence-electron chi connectivity index (χ0n) is 26.6. The van der Waals surface area contributed by atoms with Crippen molar-refractivity contribution < 1.29 is 22.7 Å². The maximum atomic E-state index is 14.3. The van der Waals surface area contributed by atoms with Crippen LogP contribution in [0, 0.1) is 6.92 Å². The summed E-state index contributed by atoms with van der Waals surface area (Å²) in [4.78, 5) is 29.4. The predicted molar refractivity (Wildman–Crippen MR) is 188 cm³/mol. The second-order valence-electron chi connectivity index (χ2n) is 11.9. The number of hydrogen-bond donors (Lipinski definition) is 1. The largest absolute Gasteiger partial charge is 0.457 e. The lowest BCUT2D eigenvalue weighted by Crippen LogP contribution is -2.53. The first-order valence-corrected chi connectivity index (χ1v) is 18.1. The molecule has 1 unspecified atom stereocenters. The zero-order chi connectivity index (χ0) is 33.4. The lowest BCUT2D eigenvalue weighted by Gasteiger charge is -2.33. The lowest BCUT2D eigenvalue weighted by atomic mass is 9.95. The van der Waals surface area contributed by atoms with Crippen molar-refractivity contribution in [2.75, 3.05) is 10.8 Å². The van der Waals surface area contributed by atoms with E-state index in [0.29, 0.717) is 17.2 Å². The minimum absolute atomic E-state index is 0.0575. The fraction of sp³-hybridized carbons (Fsp3) is 0.297. The lowest BCUT2D eigenvalue weighted by molar-refractivity contribution is -0.139. The van der Waals surface area contributed by atoms with Gasteiger partial charge in [-0.25, -0.2) is 8.42 Å². The van der Waals surface area contributed by atoms with Crippen LogP contribution in [0.25, 0.3) is 0 Å². The number of aryl methyl sites for hydroxylation is 1. The molecular weight excluding hydrogens is 678 g/mol. The van der Waals surface area contributed by atoms with Gasteiger partial charge in [0.05, 0.1) is 10.6 Å². The molecule has 10 heteroatoms. The van der Waals surface area contributed by atoms with Crippen LogP contribution in [0.5, 0.6) is 11.5 Å². The average molecular weight is 719 g/mol. The number of carbonyl (C=O) groups excluding carboxylic acids is 2. The molecule has 1 aliphatic carbocycles. The molecule has 0 aromatic heterocycles. The number of sulfonamides is 1. The van der Waals surface area contributed by atoms with Gasteiger partial charge in [-0.2, -0.15) is 0 Å². The second-order valence-corrected chi connectivity index (χ2v) is 14.7. The standard InChI is InChI=1S/C37H40BrN3O5S/c1-27-16-22-35(23-17-27)47(44,45)41(32-18-20-34(21-19-32)46-33-14-7-4-8-15-33)26-36(42)40(25-29-10-9-11-30(38)24-29)28(2)37(43)39-31-12-5-3-6-13-31/h4,7-11,14-24,28,31H,3,5-6,12-13,25-26H2,1-2H3,(H,39,43). The van der Waals surface area contributed by atoms with Crippen LogP contribution in [0.3, 0.4) is 0 Å². The summed E-state index contributed by atoms with van der Waals surface area (Å²) in [5, 5.41) is 3.14. The number of nitrogens with zero attached hydrogens (tertiary/aromatic N) is 2. The minimum Gasteiger partial charge on any atom is -0.457 e. The second kappa shape index (κ2) is 15.6. The average Bonchev–Trinajstić information content (AvgIpc) is 3.07. The van der Waals surface area contributed by atoms with Crippen LogP contribution in [0.1, 0.15) is 50.2 Å². The van der Waals surface area contributed by atoms with Crippen molar-refractivity contribution in [2.24, 2.45) is 0 Å². The van der Waals surface area contributed by atoms with E-state index >= 15 is 0 Å². The summed E-state index contributed by atoms with van der Waals surface area (Å²) in [6.07, 6.45) is 5.08. The molecule has 1 saturated carbocycles. The molecule has 1 atom stereocenters. The maximum Gasteiger partial charge on any atom is 0.264 e. The number of ether oxygens (including phenoxy) is 1. The van der Waals surface area contributed by atoms with Crippen LogP contribution >= 0.6 is 15.9 Å². The van der Waals surface area contributed by atoms with E-state index in [1.54, 1.807) is 43.3 Å². The van der Waals surface area contributed by atoms with E-state index in [0.717, 1.165) is 52.0 Å². The Hall–Kier alpha value is -4.15. The van der Waals surface area contributed by atoms with Gasteiger partial charge in [0.25, 0.3) is 10.0 Å². The summed E-state index contributed by atoms with van der Waals surface area (Å²) in [5.74, 6) is 0.402. The van der Waals surface area contributed by atoms with E-state index in [2.05, 4.69) is 21.2 Å². The molecule has 0 saturated heterocycles. The Labute approximate surface area is 285 Å². The van der Waals surface area contributed by atoms with Gasteiger partial charge in [-0.1, -0.05) is 83.2 Å². The van der Waals surface area contributed by atoms with Crippen molar-refractivity contribution in [2.45, 2.75) is 69.5 Å². The molecular formula is C37H40BrN3O5S. The van der Waals surface area contributed by atoms with Gasteiger partial charge in [-0.15, -0.1) is 0 Å². The van der Waals surface area contributed by atoms with Crippen molar-refractivity contribution in [1.82, 2.24) is 10.2 Å². The van der Waals surface area contributed by atoms with Crippen LogP contribution in [0.2, 0.25) is 0 Å². The third-order valence-corrected chi connectivity index (χ3v) is 10.6. The summed E-state index contributed by atoms with van der Waals surface area (Å²) in [5.41, 5.74) is 2.01. The van der Waals surface area contributed by atoms with Gasteiger partial charge in [-0.3, -0.25) is 13.9 Å². The topological polar surface area (TPSA) is 96.0 Å². The van der Waals surface area contributed by atoms with E-state index in [1.165, 1.54) is 17.0 Å². The number of rotatable bonds is 12. The van der Waals surface area contributed by atoms with Crippen molar-refractivity contribution in [3.63, 3.8) is 0 Å². The Morgan fingerprint density at radius 2 is 1.53 bits per heavy atom. The van der Waals surface area contributed by atoms with Gasteiger partial charge in [0.15, 0.2) is 0 Å². The van der Waals surface area contributed by atoms with Gasteiger partial charge in [0.2, 0.25) is 11.8 Å². The monoisotopic (exact) mass is 717 g/mol. The molecule has 246 valence electrons. The molecule has 0 spiro atoms. The van der Waals surface area contributed by atoms with Crippen molar-refractivity contribution in [3.05, 3.63) is 119 Å². The van der Waals surface area contributed by atoms with Crippen LogP contribution in [0.15, 0.2) is 112 Å². The Morgan fingerprint density at radius 3 is 2.19 bits per heavy atom. The molecule has 4 aromatic carbocycles. The van der Waals surface area contributed by atoms with Gasteiger partial charge < -0.3 is 15.0 Å². The highest BCUT2D eigenvalue weighted by Gasteiger charge is 2.33. The molecule has 0 aliphatic heterocycles. The molecule has 0 bridgehead atoms. The number of amides is 2. The van der Waals surface area contributed by atoms with Crippen LogP contribution < -0.4 is 14.4 Å². The van der Waals surface area contributed by atoms with Gasteiger partial charge in [-0.05, 0) is 92.9 Å². The molecule has 0 radical (unpaired) electrons. The van der Waals surface area contributed by atoms with Gasteiger partial charge >= 0.3 is 0 Å². The molecule has 1 N–H and O–H groups in total. The number of benzene rings is 4. The van der Waals surface area contributed by atoms with Crippen LogP contribution in [-0.2, 0) is 26.2 Å². The Bertz CT molecular complexity index is 1760. The number of anilines is 1. The fourth-order valence-electron chi connectivity index (χ4n) is 5.65. The molecule has 47 heavy (non-hydrogen) atoms. The number of hydrogen-bond acceptors (Lipinski definition) is 5. The van der Waals surface area contributed by atoms with Gasteiger partial charge in [0.1, 0.15) is 24.1 Å². The molecule has 4 aromatic rings. The highest BCUT2D eigenvalue weighted by Crippen LogP contribution is 2.29. The van der Waals surface area contributed by atoms with Gasteiger partial charge in [0, 0.05) is 17.1 Å². The number of para-hydroxylation sites is 1. The minimum atomic E-state index is -4.18. The van der Waals surface area contributed by atoms with E-state index in [-0.39, 0.29) is 23.4 Å². The molecule has 1 aliphatic rings. The Kier molecular flexibility index (Phi) is 11.4. The van der Waals surface area contributed by atoms with E-state index in [9.17, 15) is 18.0 Å². The third-order valence-electron chi connectivity index (χ3n) is 8.35. The van der Waals surface area contributed by atoms with Crippen molar-refractivity contribution in [3.8, 4) is 11.5 Å². The van der Waals surface area contributed by atoms with Crippen LogP contribution in [-0.4, -0.2) is 43.8 Å². The molecule has 0 heterocycles. The molecule has 8 nitrogen and oxygen atoms in total. The Morgan fingerprint density at radius 1 is 0.872 bits per heavy atom. The Balaban J connectivity index is 1.46. The third kappa shape index (κ3) is 9.02. The van der Waals surface area contributed by atoms with E-state index in [4.69, 9.17) is 4.74 Å². The molecule has 2 amide bonds. The van der Waals surface area contributed by atoms with Crippen molar-refractivity contribution in [1.29, 1.82) is 0 Å². The number of nitrogens with one attached hydrogen (secondary N) is 1. The fourth-order valence-corrected chi connectivity index (χ4v) is 7.52. The SMILES string of the molecule is Cc1ccc(S(=O)(=O)N(CC(=O)N(Cc2cccc(Br)c2)C(C)C(=O)NC2CCCCC2)c2ccc(Oc3ccccc3)cc2)cc1. The quantitative estimate of drug-likeness (QED) is 0.163. The number of halogens is 1. The van der Waals surface area contributed by atoms with E-state index < -0.39 is 28.5 Å². The summed E-state index contributed by atoms with van der Waals surface area (Å²) >= 11 is 3.49. The van der Waals surface area contributed by atoms with Crippen LogP contribution in [0.4, 0.5) is 5.69 Å². The highest BCUT2D eigenvalue weighted by atomic mass is 79.9. The normalized spacial score (nSPS) is 14.2. The summed E-state index contributed by atoms with van der Waals surface area (Å²) < 4.78 is 36.2. The highest BCUT2D eigenvalue weighted by molar-refractivity contribution is 9.10. The van der Waals surface area contributed by atoms with Crippen molar-refractivity contribution >= 4 is 43.5 Å². The predicted octanol–water partition coefficient (Wildman–Crippen LogP) is 7.61. The first-order valence-electron chi connectivity index (χ1n) is 15.9. The zero-order valence-corrected chi connectivity index (χ0v) is 29.0.